The SMILES string of the molecule is CCOC(=O)c1c(NC(=O)C(C)Oc2ccccc2)sc2c1CCC2. The second-order valence-electron chi connectivity index (χ2n) is 5.84. The summed E-state index contributed by atoms with van der Waals surface area (Å²) in [6.07, 6.45) is 2.16. The van der Waals surface area contributed by atoms with E-state index < -0.39 is 6.10 Å². The Bertz CT molecular complexity index is 769. The topological polar surface area (TPSA) is 64.6 Å². The van der Waals surface area contributed by atoms with Crippen LogP contribution in [0.5, 0.6) is 5.75 Å². The van der Waals surface area contributed by atoms with E-state index in [0.29, 0.717) is 22.9 Å². The lowest BCUT2D eigenvalue weighted by Gasteiger charge is -2.15. The van der Waals surface area contributed by atoms with Gasteiger partial charge in [-0.15, -0.1) is 11.3 Å². The molecule has 1 atom stereocenters. The van der Waals surface area contributed by atoms with Crippen molar-refractivity contribution in [3.63, 3.8) is 0 Å². The quantitative estimate of drug-likeness (QED) is 0.797. The van der Waals surface area contributed by atoms with Crippen molar-refractivity contribution in [1.29, 1.82) is 0 Å². The third-order valence-corrected chi connectivity index (χ3v) is 5.27. The third-order valence-electron chi connectivity index (χ3n) is 4.06. The first kappa shape index (κ1) is 17.5. The fourth-order valence-corrected chi connectivity index (χ4v) is 4.16. The van der Waals surface area contributed by atoms with Gasteiger partial charge in [0, 0.05) is 4.88 Å². The number of anilines is 1. The zero-order valence-corrected chi connectivity index (χ0v) is 15.2. The molecule has 1 heterocycles. The molecular weight excluding hydrogens is 338 g/mol. The number of hydrogen-bond acceptors (Lipinski definition) is 5. The Morgan fingerprint density at radius 2 is 2.00 bits per heavy atom. The molecule has 0 bridgehead atoms. The molecule has 6 heteroatoms. The van der Waals surface area contributed by atoms with E-state index in [1.54, 1.807) is 26.0 Å². The lowest BCUT2D eigenvalue weighted by molar-refractivity contribution is -0.122. The molecule has 1 aromatic carbocycles. The van der Waals surface area contributed by atoms with E-state index in [0.717, 1.165) is 29.7 Å². The zero-order valence-electron chi connectivity index (χ0n) is 14.3. The molecule has 0 saturated carbocycles. The van der Waals surface area contributed by atoms with E-state index in [2.05, 4.69) is 5.32 Å². The number of ether oxygens (including phenoxy) is 2. The monoisotopic (exact) mass is 359 g/mol. The normalized spacial score (nSPS) is 13.8. The number of carbonyl (C=O) groups excluding carboxylic acids is 2. The van der Waals surface area contributed by atoms with Gasteiger partial charge in [0.05, 0.1) is 12.2 Å². The van der Waals surface area contributed by atoms with Gasteiger partial charge in [0.1, 0.15) is 10.8 Å². The summed E-state index contributed by atoms with van der Waals surface area (Å²) >= 11 is 1.47. The average molecular weight is 359 g/mol. The standard InChI is InChI=1S/C19H21NO4S/c1-3-23-19(22)16-14-10-7-11-15(14)25-18(16)20-17(21)12(2)24-13-8-5-4-6-9-13/h4-6,8-9,12H,3,7,10-11H2,1-2H3,(H,20,21). The molecule has 5 nitrogen and oxygen atoms in total. The summed E-state index contributed by atoms with van der Waals surface area (Å²) in [5, 5.41) is 3.42. The van der Waals surface area contributed by atoms with Gasteiger partial charge in [0.15, 0.2) is 6.10 Å². The fraction of sp³-hybridized carbons (Fsp3) is 0.368. The Balaban J connectivity index is 1.76. The lowest BCUT2D eigenvalue weighted by atomic mass is 10.1. The molecule has 1 amide bonds. The van der Waals surface area contributed by atoms with Gasteiger partial charge in [-0.25, -0.2) is 4.79 Å². The minimum Gasteiger partial charge on any atom is -0.481 e. The maximum absolute atomic E-state index is 12.5. The summed E-state index contributed by atoms with van der Waals surface area (Å²) in [6.45, 7) is 3.77. The molecule has 0 spiro atoms. The van der Waals surface area contributed by atoms with Gasteiger partial charge in [0.2, 0.25) is 0 Å². The van der Waals surface area contributed by atoms with Gasteiger partial charge in [0.25, 0.3) is 5.91 Å². The Morgan fingerprint density at radius 1 is 1.24 bits per heavy atom. The van der Waals surface area contributed by atoms with Crippen molar-refractivity contribution in [3.8, 4) is 5.75 Å². The zero-order chi connectivity index (χ0) is 17.8. The van der Waals surface area contributed by atoms with Crippen molar-refractivity contribution in [1.82, 2.24) is 0 Å². The summed E-state index contributed by atoms with van der Waals surface area (Å²) in [6, 6.07) is 9.18. The number of hydrogen-bond donors (Lipinski definition) is 1. The highest BCUT2D eigenvalue weighted by molar-refractivity contribution is 7.17. The number of thiophene rings is 1. The van der Waals surface area contributed by atoms with E-state index in [1.807, 2.05) is 18.2 Å². The van der Waals surface area contributed by atoms with Crippen molar-refractivity contribution in [2.45, 2.75) is 39.2 Å². The van der Waals surface area contributed by atoms with Crippen LogP contribution in [-0.2, 0) is 22.4 Å². The first-order valence-electron chi connectivity index (χ1n) is 8.44. The molecule has 1 aliphatic carbocycles. The first-order valence-corrected chi connectivity index (χ1v) is 9.26. The number of fused-ring (bicyclic) bond motifs is 1. The highest BCUT2D eigenvalue weighted by atomic mass is 32.1. The van der Waals surface area contributed by atoms with Crippen molar-refractivity contribution in [3.05, 3.63) is 46.3 Å². The van der Waals surface area contributed by atoms with Gasteiger partial charge in [-0.3, -0.25) is 4.79 Å². The minimum atomic E-state index is -0.672. The third kappa shape index (κ3) is 3.85. The van der Waals surface area contributed by atoms with Gasteiger partial charge < -0.3 is 14.8 Å². The number of benzene rings is 1. The predicted molar refractivity (Wildman–Crippen MR) is 97.5 cm³/mol. The number of esters is 1. The second kappa shape index (κ2) is 7.70. The van der Waals surface area contributed by atoms with Crippen LogP contribution in [0.1, 0.15) is 41.1 Å². The van der Waals surface area contributed by atoms with E-state index in [-0.39, 0.29) is 11.9 Å². The number of aryl methyl sites for hydroxylation is 1. The summed E-state index contributed by atoms with van der Waals surface area (Å²) in [7, 11) is 0. The number of carbonyl (C=O) groups is 2. The van der Waals surface area contributed by atoms with Crippen molar-refractivity contribution < 1.29 is 19.1 Å². The highest BCUT2D eigenvalue weighted by Crippen LogP contribution is 2.39. The first-order chi connectivity index (χ1) is 12.1. The molecule has 1 unspecified atom stereocenters. The van der Waals surface area contributed by atoms with Crippen LogP contribution in [-0.4, -0.2) is 24.6 Å². The molecule has 1 N–H and O–H groups in total. The lowest BCUT2D eigenvalue weighted by Crippen LogP contribution is -2.30. The second-order valence-corrected chi connectivity index (χ2v) is 6.95. The molecule has 1 aromatic heterocycles. The fourth-order valence-electron chi connectivity index (χ4n) is 2.88. The minimum absolute atomic E-state index is 0.283. The van der Waals surface area contributed by atoms with Crippen molar-refractivity contribution >= 4 is 28.2 Å². The molecule has 1 aliphatic rings. The van der Waals surface area contributed by atoms with Gasteiger partial charge in [-0.2, -0.15) is 0 Å². The molecule has 0 saturated heterocycles. The summed E-state index contributed by atoms with van der Waals surface area (Å²) in [5.74, 6) is -0.0207. The molecule has 132 valence electrons. The largest absolute Gasteiger partial charge is 0.481 e. The molecule has 3 rings (SSSR count). The Labute approximate surface area is 151 Å². The van der Waals surface area contributed by atoms with Crippen LogP contribution in [0.4, 0.5) is 5.00 Å². The van der Waals surface area contributed by atoms with Crippen LogP contribution < -0.4 is 10.1 Å². The predicted octanol–water partition coefficient (Wildman–Crippen LogP) is 3.82. The Kier molecular flexibility index (Phi) is 5.38. The molecular formula is C19H21NO4S. The van der Waals surface area contributed by atoms with E-state index in [1.165, 1.54) is 11.3 Å². The molecule has 0 fully saturated rings. The maximum Gasteiger partial charge on any atom is 0.341 e. The van der Waals surface area contributed by atoms with E-state index in [9.17, 15) is 9.59 Å². The van der Waals surface area contributed by atoms with Gasteiger partial charge >= 0.3 is 5.97 Å². The number of nitrogens with one attached hydrogen (secondary N) is 1. The van der Waals surface area contributed by atoms with Gasteiger partial charge in [-0.1, -0.05) is 18.2 Å². The molecule has 2 aromatic rings. The number of para-hydroxylation sites is 1. The highest BCUT2D eigenvalue weighted by Gasteiger charge is 2.29. The van der Waals surface area contributed by atoms with Crippen molar-refractivity contribution in [2.24, 2.45) is 0 Å². The van der Waals surface area contributed by atoms with Crippen molar-refractivity contribution in [2.75, 3.05) is 11.9 Å². The summed E-state index contributed by atoms with van der Waals surface area (Å²) in [5.41, 5.74) is 1.54. The van der Waals surface area contributed by atoms with E-state index >= 15 is 0 Å². The summed E-state index contributed by atoms with van der Waals surface area (Å²) in [4.78, 5) is 26.0. The molecule has 0 aliphatic heterocycles. The average Bonchev–Trinajstić information content (AvgIpc) is 3.16. The smallest absolute Gasteiger partial charge is 0.341 e. The van der Waals surface area contributed by atoms with Crippen LogP contribution in [0.2, 0.25) is 0 Å². The maximum atomic E-state index is 12.5. The van der Waals surface area contributed by atoms with Crippen LogP contribution in [0.3, 0.4) is 0 Å². The Hall–Kier alpha value is -2.34. The summed E-state index contributed by atoms with van der Waals surface area (Å²) < 4.78 is 10.8. The molecule has 0 radical (unpaired) electrons. The van der Waals surface area contributed by atoms with Crippen LogP contribution in [0.25, 0.3) is 0 Å². The number of amides is 1. The van der Waals surface area contributed by atoms with Crippen LogP contribution >= 0.6 is 11.3 Å². The molecule has 25 heavy (non-hydrogen) atoms. The van der Waals surface area contributed by atoms with Crippen LogP contribution in [0.15, 0.2) is 30.3 Å². The number of rotatable bonds is 6. The van der Waals surface area contributed by atoms with Gasteiger partial charge in [-0.05, 0) is 50.8 Å². The Morgan fingerprint density at radius 3 is 2.72 bits per heavy atom. The van der Waals surface area contributed by atoms with Crippen LogP contribution in [0, 0.1) is 0 Å². The van der Waals surface area contributed by atoms with E-state index in [4.69, 9.17) is 9.47 Å².